The van der Waals surface area contributed by atoms with E-state index in [2.05, 4.69) is 36.9 Å². The molecule has 0 saturated carbocycles. The first-order chi connectivity index (χ1) is 21.3. The van der Waals surface area contributed by atoms with Crippen LogP contribution in [0, 0.1) is 6.92 Å². The fraction of sp³-hybridized carbons (Fsp3) is 0.0588. The zero-order chi connectivity index (χ0) is 30.9. The van der Waals surface area contributed by atoms with Gasteiger partial charge in [-0.1, -0.05) is 82.2 Å². The van der Waals surface area contributed by atoms with Crippen molar-refractivity contribution >= 4 is 73.6 Å². The topological polar surface area (TPSA) is 100 Å². The second-order valence-electron chi connectivity index (χ2n) is 9.66. The molecule has 5 aromatic rings. The first kappa shape index (κ1) is 30.9. The maximum Gasteiger partial charge on any atom is 0.272 e. The number of thioether (sulfide) groups is 1. The van der Waals surface area contributed by atoms with Crippen molar-refractivity contribution in [1.82, 2.24) is 10.3 Å². The van der Waals surface area contributed by atoms with Gasteiger partial charge >= 0.3 is 0 Å². The lowest BCUT2D eigenvalue weighted by atomic mass is 10.1. The Labute approximate surface area is 272 Å². The lowest BCUT2D eigenvalue weighted by molar-refractivity contribution is -0.114. The summed E-state index contributed by atoms with van der Waals surface area (Å²) in [7, 11) is 0. The molecule has 0 radical (unpaired) electrons. The van der Waals surface area contributed by atoms with Gasteiger partial charge in [0.05, 0.1) is 11.4 Å². The van der Waals surface area contributed by atoms with Gasteiger partial charge in [0.25, 0.3) is 11.8 Å². The van der Waals surface area contributed by atoms with E-state index in [9.17, 15) is 14.4 Å². The quantitative estimate of drug-likeness (QED) is 0.102. The number of hydrogen-bond donors (Lipinski definition) is 3. The summed E-state index contributed by atoms with van der Waals surface area (Å²) in [6.07, 6.45) is 1.65. The molecule has 3 N–H and O–H groups in total. The molecule has 1 aromatic heterocycles. The van der Waals surface area contributed by atoms with Gasteiger partial charge in [-0.25, -0.2) is 4.98 Å². The third-order valence-corrected chi connectivity index (χ3v) is 8.51. The molecule has 7 nitrogen and oxygen atoms in total. The van der Waals surface area contributed by atoms with Crippen LogP contribution in [0.3, 0.4) is 0 Å². The Morgan fingerprint density at radius 3 is 2.43 bits per heavy atom. The van der Waals surface area contributed by atoms with E-state index in [0.717, 1.165) is 31.8 Å². The number of aromatic nitrogens is 1. The SMILES string of the molecule is Cc1cccc(/C=C(/NC(=O)c2ccccc2)C(=O)Nc2cccc(SCC(=O)Nc3nc(-c4ccc(Br)cc4)cs3)c2)c1. The van der Waals surface area contributed by atoms with Crippen molar-refractivity contribution in [2.24, 2.45) is 0 Å². The summed E-state index contributed by atoms with van der Waals surface area (Å²) in [6.45, 7) is 1.96. The van der Waals surface area contributed by atoms with Crippen molar-refractivity contribution in [3.63, 3.8) is 0 Å². The maximum absolute atomic E-state index is 13.4. The molecule has 0 aliphatic carbocycles. The number of carbonyl (C=O) groups excluding carboxylic acids is 3. The number of rotatable bonds is 10. The van der Waals surface area contributed by atoms with Crippen LogP contribution in [0.15, 0.2) is 124 Å². The second kappa shape index (κ2) is 14.8. The number of anilines is 2. The number of nitrogens with one attached hydrogen (secondary N) is 3. The Morgan fingerprint density at radius 1 is 0.886 bits per heavy atom. The highest BCUT2D eigenvalue weighted by Gasteiger charge is 2.16. The largest absolute Gasteiger partial charge is 0.321 e. The number of benzene rings is 4. The van der Waals surface area contributed by atoms with Crippen molar-refractivity contribution < 1.29 is 14.4 Å². The highest BCUT2D eigenvalue weighted by Crippen LogP contribution is 2.27. The Morgan fingerprint density at radius 2 is 1.66 bits per heavy atom. The van der Waals surface area contributed by atoms with Crippen LogP contribution < -0.4 is 16.0 Å². The van der Waals surface area contributed by atoms with E-state index in [1.165, 1.54) is 23.1 Å². The molecule has 3 amide bonds. The molecule has 10 heteroatoms. The van der Waals surface area contributed by atoms with Gasteiger partial charge in [0.15, 0.2) is 5.13 Å². The van der Waals surface area contributed by atoms with Crippen molar-refractivity contribution in [3.8, 4) is 11.3 Å². The summed E-state index contributed by atoms with van der Waals surface area (Å²) in [5.74, 6) is -0.885. The number of carbonyl (C=O) groups is 3. The molecule has 0 aliphatic rings. The summed E-state index contributed by atoms with van der Waals surface area (Å²) in [4.78, 5) is 44.3. The van der Waals surface area contributed by atoms with Crippen molar-refractivity contribution in [3.05, 3.63) is 135 Å². The van der Waals surface area contributed by atoms with Gasteiger partial charge in [-0.05, 0) is 61.0 Å². The molecule has 0 spiro atoms. The van der Waals surface area contributed by atoms with Crippen LogP contribution in [0.2, 0.25) is 0 Å². The summed E-state index contributed by atoms with van der Waals surface area (Å²) in [5, 5.41) is 10.9. The van der Waals surface area contributed by atoms with Gasteiger partial charge in [-0.2, -0.15) is 0 Å². The van der Waals surface area contributed by atoms with Gasteiger partial charge in [0, 0.05) is 31.6 Å². The molecule has 220 valence electrons. The number of hydrogen-bond acceptors (Lipinski definition) is 6. The van der Waals surface area contributed by atoms with Crippen LogP contribution in [-0.2, 0) is 9.59 Å². The normalized spacial score (nSPS) is 11.1. The highest BCUT2D eigenvalue weighted by atomic mass is 79.9. The monoisotopic (exact) mass is 682 g/mol. The van der Waals surface area contributed by atoms with Crippen LogP contribution in [0.4, 0.5) is 10.8 Å². The molecular formula is C34H27BrN4O3S2. The molecule has 0 fully saturated rings. The van der Waals surface area contributed by atoms with E-state index in [-0.39, 0.29) is 23.3 Å². The summed E-state index contributed by atoms with van der Waals surface area (Å²) in [5.41, 5.74) is 4.65. The number of nitrogens with zero attached hydrogens (tertiary/aromatic N) is 1. The fourth-order valence-electron chi connectivity index (χ4n) is 4.12. The van der Waals surface area contributed by atoms with E-state index in [4.69, 9.17) is 0 Å². The van der Waals surface area contributed by atoms with E-state index in [0.29, 0.717) is 16.4 Å². The van der Waals surface area contributed by atoms with E-state index >= 15 is 0 Å². The maximum atomic E-state index is 13.4. The predicted molar refractivity (Wildman–Crippen MR) is 183 cm³/mol. The van der Waals surface area contributed by atoms with Crippen molar-refractivity contribution in [1.29, 1.82) is 0 Å². The van der Waals surface area contributed by atoms with Gasteiger partial charge in [-0.15, -0.1) is 23.1 Å². The third kappa shape index (κ3) is 8.76. The van der Waals surface area contributed by atoms with Gasteiger partial charge < -0.3 is 16.0 Å². The smallest absolute Gasteiger partial charge is 0.272 e. The van der Waals surface area contributed by atoms with Gasteiger partial charge in [0.1, 0.15) is 5.70 Å². The predicted octanol–water partition coefficient (Wildman–Crippen LogP) is 8.02. The number of aryl methyl sites for hydroxylation is 1. The Hall–Kier alpha value is -4.51. The van der Waals surface area contributed by atoms with Crippen molar-refractivity contribution in [2.75, 3.05) is 16.4 Å². The minimum Gasteiger partial charge on any atom is -0.321 e. The molecule has 0 aliphatic heterocycles. The number of halogens is 1. The van der Waals surface area contributed by atoms with Gasteiger partial charge in [-0.3, -0.25) is 14.4 Å². The van der Waals surface area contributed by atoms with Crippen LogP contribution in [0.5, 0.6) is 0 Å². The summed E-state index contributed by atoms with van der Waals surface area (Å²) < 4.78 is 0.986. The average Bonchev–Trinajstić information content (AvgIpc) is 3.49. The average molecular weight is 684 g/mol. The first-order valence-corrected chi connectivity index (χ1v) is 16.2. The van der Waals surface area contributed by atoms with Crippen LogP contribution >= 0.6 is 39.0 Å². The standard InChI is InChI=1S/C34H27BrN4O3S2/c1-22-7-5-8-23(17-22)18-29(37-32(41)25-9-3-2-4-10-25)33(42)36-27-11-6-12-28(19-27)43-21-31(40)39-34-38-30(20-44-34)24-13-15-26(35)16-14-24/h2-20H,21H2,1H3,(H,36,42)(H,37,41)(H,38,39,40)/b29-18+. The van der Waals surface area contributed by atoms with Crippen LogP contribution in [-0.4, -0.2) is 28.5 Å². The molecule has 1 heterocycles. The van der Waals surface area contributed by atoms with Crippen molar-refractivity contribution in [2.45, 2.75) is 11.8 Å². The zero-order valence-corrected chi connectivity index (χ0v) is 26.8. The second-order valence-corrected chi connectivity index (χ2v) is 12.5. The molecule has 0 unspecified atom stereocenters. The Bertz CT molecular complexity index is 1820. The highest BCUT2D eigenvalue weighted by molar-refractivity contribution is 9.10. The van der Waals surface area contributed by atoms with Gasteiger partial charge in [0.2, 0.25) is 5.91 Å². The molecule has 0 atom stereocenters. The van der Waals surface area contributed by atoms with E-state index < -0.39 is 5.91 Å². The molecule has 44 heavy (non-hydrogen) atoms. The number of amides is 3. The molecule has 5 rings (SSSR count). The minimum absolute atomic E-state index is 0.104. The first-order valence-electron chi connectivity index (χ1n) is 13.5. The molecule has 0 saturated heterocycles. The molecule has 0 bridgehead atoms. The fourth-order valence-corrected chi connectivity index (χ4v) is 5.87. The van der Waals surface area contributed by atoms with E-state index in [1.807, 2.05) is 73.0 Å². The lowest BCUT2D eigenvalue weighted by Gasteiger charge is -2.12. The molecule has 4 aromatic carbocycles. The Balaban J connectivity index is 1.22. The zero-order valence-electron chi connectivity index (χ0n) is 23.5. The lowest BCUT2D eigenvalue weighted by Crippen LogP contribution is -2.30. The van der Waals surface area contributed by atoms with E-state index in [1.54, 1.807) is 48.5 Å². The molecular weight excluding hydrogens is 656 g/mol. The summed E-state index contributed by atoms with van der Waals surface area (Å²) >= 11 is 6.14. The summed E-state index contributed by atoms with van der Waals surface area (Å²) in [6, 6.07) is 31.4. The van der Waals surface area contributed by atoms with Crippen LogP contribution in [0.25, 0.3) is 17.3 Å². The third-order valence-electron chi connectivity index (χ3n) is 6.23. The Kier molecular flexibility index (Phi) is 10.4. The number of thiazole rings is 1. The van der Waals surface area contributed by atoms with Crippen LogP contribution in [0.1, 0.15) is 21.5 Å². The minimum atomic E-state index is -0.471.